The quantitative estimate of drug-likeness (QED) is 0.931. The molecule has 1 aliphatic heterocycles. The first-order valence-electron chi connectivity index (χ1n) is 8.24. The van der Waals surface area contributed by atoms with Gasteiger partial charge in [0.15, 0.2) is 5.13 Å². The highest BCUT2D eigenvalue weighted by molar-refractivity contribution is 7.13. The van der Waals surface area contributed by atoms with Gasteiger partial charge in [0.25, 0.3) is 0 Å². The number of hydrogen-bond acceptors (Lipinski definition) is 5. The van der Waals surface area contributed by atoms with E-state index < -0.39 is 0 Å². The van der Waals surface area contributed by atoms with E-state index in [1.807, 2.05) is 6.20 Å². The summed E-state index contributed by atoms with van der Waals surface area (Å²) in [6.07, 6.45) is 5.76. The van der Waals surface area contributed by atoms with Gasteiger partial charge in [-0.25, -0.2) is 4.98 Å². The normalized spacial score (nSPS) is 35.1. The Balaban J connectivity index is 1.64. The highest BCUT2D eigenvalue weighted by atomic mass is 32.1. The van der Waals surface area contributed by atoms with E-state index in [4.69, 9.17) is 5.73 Å². The van der Waals surface area contributed by atoms with Crippen LogP contribution in [0.3, 0.4) is 0 Å². The Morgan fingerprint density at radius 3 is 2.62 bits per heavy atom. The molecule has 2 N–H and O–H groups in total. The van der Waals surface area contributed by atoms with Crippen LogP contribution in [0.15, 0.2) is 11.6 Å². The van der Waals surface area contributed by atoms with E-state index >= 15 is 0 Å². The fraction of sp³-hybridized carbons (Fsp3) is 0.812. The lowest BCUT2D eigenvalue weighted by Gasteiger charge is -2.52. The van der Waals surface area contributed by atoms with Crippen molar-refractivity contribution in [3.8, 4) is 0 Å². The maximum Gasteiger partial charge on any atom is 0.185 e. The lowest BCUT2D eigenvalue weighted by atomic mass is 9.70. The average molecular weight is 308 g/mol. The summed E-state index contributed by atoms with van der Waals surface area (Å²) in [7, 11) is 0. The highest BCUT2D eigenvalue weighted by Crippen LogP contribution is 2.40. The Hall–Kier alpha value is -0.650. The van der Waals surface area contributed by atoms with Crippen LogP contribution in [-0.4, -0.2) is 48.1 Å². The molecule has 3 rings (SSSR count). The number of piperazine rings is 1. The summed E-state index contributed by atoms with van der Waals surface area (Å²) >= 11 is 1.74. The summed E-state index contributed by atoms with van der Waals surface area (Å²) in [5, 5.41) is 3.23. The molecular weight excluding hydrogens is 280 g/mol. The zero-order valence-corrected chi connectivity index (χ0v) is 14.1. The molecule has 1 aromatic rings. The number of hydrogen-bond donors (Lipinski definition) is 1. The minimum absolute atomic E-state index is 0.251. The zero-order chi connectivity index (χ0) is 14.9. The van der Waals surface area contributed by atoms with Gasteiger partial charge in [-0.15, -0.1) is 11.3 Å². The van der Waals surface area contributed by atoms with Crippen molar-refractivity contribution in [2.45, 2.75) is 38.6 Å². The topological polar surface area (TPSA) is 45.4 Å². The van der Waals surface area contributed by atoms with Crippen LogP contribution in [0.4, 0.5) is 5.13 Å². The minimum atomic E-state index is 0.251. The van der Waals surface area contributed by atoms with Crippen molar-refractivity contribution in [1.29, 1.82) is 0 Å². The number of anilines is 1. The molecule has 0 spiro atoms. The number of nitrogens with zero attached hydrogens (tertiary/aromatic N) is 3. The molecule has 1 saturated heterocycles. The third kappa shape index (κ3) is 2.96. The lowest BCUT2D eigenvalue weighted by Crippen LogP contribution is -2.62. The van der Waals surface area contributed by atoms with Gasteiger partial charge in [0.2, 0.25) is 0 Å². The molecule has 3 atom stereocenters. The molecule has 0 aromatic carbocycles. The van der Waals surface area contributed by atoms with E-state index in [-0.39, 0.29) is 5.54 Å². The second-order valence-electron chi connectivity index (χ2n) is 6.91. The third-order valence-corrected chi connectivity index (χ3v) is 6.59. The van der Waals surface area contributed by atoms with Crippen molar-refractivity contribution in [1.82, 2.24) is 9.88 Å². The molecule has 1 aliphatic carbocycles. The molecule has 0 radical (unpaired) electrons. The van der Waals surface area contributed by atoms with E-state index in [1.165, 1.54) is 24.4 Å². The van der Waals surface area contributed by atoms with Gasteiger partial charge in [0.05, 0.1) is 0 Å². The van der Waals surface area contributed by atoms with Crippen molar-refractivity contribution >= 4 is 16.5 Å². The minimum Gasteiger partial charge on any atom is -0.346 e. The van der Waals surface area contributed by atoms with Gasteiger partial charge < -0.3 is 10.6 Å². The molecule has 4 nitrogen and oxygen atoms in total. The van der Waals surface area contributed by atoms with Crippen LogP contribution in [0, 0.1) is 11.8 Å². The molecule has 0 bridgehead atoms. The molecule has 3 unspecified atom stereocenters. The van der Waals surface area contributed by atoms with Crippen LogP contribution in [-0.2, 0) is 0 Å². The van der Waals surface area contributed by atoms with Crippen LogP contribution in [0.25, 0.3) is 0 Å². The number of nitrogens with two attached hydrogens (primary N) is 1. The Labute approximate surface area is 132 Å². The van der Waals surface area contributed by atoms with Gasteiger partial charge in [-0.1, -0.05) is 13.8 Å². The Kier molecular flexibility index (Phi) is 4.52. The standard InChI is InChI=1S/C16H28N4S/c1-13-3-4-16(12-17,11-14(13)2)20-8-6-19(7-9-20)15-18-5-10-21-15/h5,10,13-14H,3-4,6-9,11-12,17H2,1-2H3. The van der Waals surface area contributed by atoms with Crippen molar-refractivity contribution < 1.29 is 0 Å². The van der Waals surface area contributed by atoms with E-state index in [2.05, 4.69) is 34.0 Å². The molecule has 21 heavy (non-hydrogen) atoms. The second kappa shape index (κ2) is 6.23. The van der Waals surface area contributed by atoms with Crippen LogP contribution >= 0.6 is 11.3 Å². The molecular formula is C16H28N4S. The summed E-state index contributed by atoms with van der Waals surface area (Å²) < 4.78 is 0. The van der Waals surface area contributed by atoms with Crippen molar-refractivity contribution in [3.05, 3.63) is 11.6 Å². The summed E-state index contributed by atoms with van der Waals surface area (Å²) in [4.78, 5) is 9.54. The Morgan fingerprint density at radius 1 is 1.29 bits per heavy atom. The molecule has 2 aliphatic rings. The SMILES string of the molecule is CC1CCC(CN)(N2CCN(c3nccs3)CC2)CC1C. The van der Waals surface area contributed by atoms with Gasteiger partial charge in [-0.05, 0) is 31.1 Å². The van der Waals surface area contributed by atoms with Crippen LogP contribution in [0.2, 0.25) is 0 Å². The van der Waals surface area contributed by atoms with Gasteiger partial charge >= 0.3 is 0 Å². The van der Waals surface area contributed by atoms with E-state index in [9.17, 15) is 0 Å². The summed E-state index contributed by atoms with van der Waals surface area (Å²) in [5.74, 6) is 1.64. The van der Waals surface area contributed by atoms with Crippen molar-refractivity contribution in [3.63, 3.8) is 0 Å². The molecule has 2 fully saturated rings. The first-order chi connectivity index (χ1) is 10.1. The van der Waals surface area contributed by atoms with Crippen LogP contribution in [0.1, 0.15) is 33.1 Å². The van der Waals surface area contributed by atoms with Crippen molar-refractivity contribution in [2.24, 2.45) is 17.6 Å². The molecule has 0 amide bonds. The Bertz CT molecular complexity index is 441. The van der Waals surface area contributed by atoms with Crippen LogP contribution in [0.5, 0.6) is 0 Å². The smallest absolute Gasteiger partial charge is 0.185 e. The van der Waals surface area contributed by atoms with Gasteiger partial charge in [0, 0.05) is 49.8 Å². The average Bonchev–Trinajstić information content (AvgIpc) is 3.05. The van der Waals surface area contributed by atoms with E-state index in [0.29, 0.717) is 0 Å². The zero-order valence-electron chi connectivity index (χ0n) is 13.3. The molecule has 1 aromatic heterocycles. The van der Waals surface area contributed by atoms with Gasteiger partial charge in [-0.2, -0.15) is 0 Å². The first kappa shape index (κ1) is 15.3. The Morgan fingerprint density at radius 2 is 2.05 bits per heavy atom. The van der Waals surface area contributed by atoms with Crippen LogP contribution < -0.4 is 10.6 Å². The highest BCUT2D eigenvalue weighted by Gasteiger charge is 2.42. The number of aromatic nitrogens is 1. The molecule has 118 valence electrons. The molecule has 2 heterocycles. The second-order valence-corrected chi connectivity index (χ2v) is 7.79. The maximum absolute atomic E-state index is 6.24. The summed E-state index contributed by atoms with van der Waals surface area (Å²) in [6, 6.07) is 0. The predicted octanol–water partition coefficient (Wildman–Crippen LogP) is 2.42. The summed E-state index contributed by atoms with van der Waals surface area (Å²) in [6.45, 7) is 10.0. The third-order valence-electron chi connectivity index (χ3n) is 5.76. The first-order valence-corrected chi connectivity index (χ1v) is 9.12. The van der Waals surface area contributed by atoms with Gasteiger partial charge in [-0.3, -0.25) is 4.90 Å². The number of thiazole rings is 1. The fourth-order valence-corrected chi connectivity index (χ4v) is 4.73. The van der Waals surface area contributed by atoms with E-state index in [1.54, 1.807) is 11.3 Å². The monoisotopic (exact) mass is 308 g/mol. The largest absolute Gasteiger partial charge is 0.346 e. The predicted molar refractivity (Wildman–Crippen MR) is 89.9 cm³/mol. The lowest BCUT2D eigenvalue weighted by molar-refractivity contribution is 0.0174. The maximum atomic E-state index is 6.24. The fourth-order valence-electron chi connectivity index (χ4n) is 4.03. The molecule has 5 heteroatoms. The van der Waals surface area contributed by atoms with E-state index in [0.717, 1.165) is 44.6 Å². The molecule has 1 saturated carbocycles. The van der Waals surface area contributed by atoms with Crippen molar-refractivity contribution in [2.75, 3.05) is 37.6 Å². The summed E-state index contributed by atoms with van der Waals surface area (Å²) in [5.41, 5.74) is 6.49. The van der Waals surface area contributed by atoms with Gasteiger partial charge in [0.1, 0.15) is 0 Å². The number of rotatable bonds is 3.